The minimum atomic E-state index is -1.12. The Kier molecular flexibility index (Phi) is 4.25. The molecule has 1 aromatic rings. The number of likely N-dealkylation sites (tertiary alicyclic amines) is 1. The zero-order valence-electron chi connectivity index (χ0n) is 10.9. The number of nitrogens with zero attached hydrogens (tertiary/aromatic N) is 2. The summed E-state index contributed by atoms with van der Waals surface area (Å²) in [5.41, 5.74) is 0.953. The Balaban J connectivity index is 2.30. The van der Waals surface area contributed by atoms with Gasteiger partial charge in [-0.2, -0.15) is 0 Å². The third-order valence-corrected chi connectivity index (χ3v) is 3.47. The lowest BCUT2D eigenvalue weighted by molar-refractivity contribution is -0.141. The molecule has 0 saturated carbocycles. The first kappa shape index (κ1) is 14.7. The molecule has 0 aromatic carbocycles. The van der Waals surface area contributed by atoms with Crippen molar-refractivity contribution < 1.29 is 19.8 Å². The van der Waals surface area contributed by atoms with Gasteiger partial charge >= 0.3 is 5.97 Å². The molecular formula is C13H15ClN2O4. The first-order valence-corrected chi connectivity index (χ1v) is 6.68. The fourth-order valence-corrected chi connectivity index (χ4v) is 2.52. The molecule has 1 saturated heterocycles. The minimum Gasteiger partial charge on any atom is -0.480 e. The molecule has 2 atom stereocenters. The number of pyridine rings is 1. The predicted molar refractivity (Wildman–Crippen MR) is 71.7 cm³/mol. The number of aromatic nitrogens is 1. The number of hydrogen-bond acceptors (Lipinski definition) is 4. The summed E-state index contributed by atoms with van der Waals surface area (Å²) >= 11 is 5.86. The quantitative estimate of drug-likeness (QED) is 0.811. The SMILES string of the molecule is CCc1cc(C(=O)N2CC(O)C[C@H]2C(=O)O)cc(Cl)n1. The van der Waals surface area contributed by atoms with Crippen LogP contribution in [0.1, 0.15) is 29.4 Å². The monoisotopic (exact) mass is 298 g/mol. The number of rotatable bonds is 3. The maximum Gasteiger partial charge on any atom is 0.326 e. The fourth-order valence-electron chi connectivity index (χ4n) is 2.29. The maximum atomic E-state index is 12.4. The highest BCUT2D eigenvalue weighted by atomic mass is 35.5. The molecule has 1 unspecified atom stereocenters. The van der Waals surface area contributed by atoms with Crippen LogP contribution in [0.2, 0.25) is 5.15 Å². The predicted octanol–water partition coefficient (Wildman–Crippen LogP) is 0.957. The number of aliphatic carboxylic acids is 1. The average Bonchev–Trinajstić information content (AvgIpc) is 2.79. The van der Waals surface area contributed by atoms with E-state index in [0.29, 0.717) is 17.7 Å². The van der Waals surface area contributed by atoms with Gasteiger partial charge in [0, 0.05) is 24.2 Å². The maximum absolute atomic E-state index is 12.4. The Hall–Kier alpha value is -1.66. The normalized spacial score (nSPS) is 22.1. The Morgan fingerprint density at radius 3 is 2.80 bits per heavy atom. The number of carbonyl (C=O) groups excluding carboxylic acids is 1. The molecule has 108 valence electrons. The first-order valence-electron chi connectivity index (χ1n) is 6.30. The van der Waals surface area contributed by atoms with E-state index in [4.69, 9.17) is 16.7 Å². The topological polar surface area (TPSA) is 90.7 Å². The summed E-state index contributed by atoms with van der Waals surface area (Å²) in [5.74, 6) is -1.57. The Morgan fingerprint density at radius 1 is 1.50 bits per heavy atom. The van der Waals surface area contributed by atoms with Gasteiger partial charge in [-0.1, -0.05) is 18.5 Å². The molecule has 6 nitrogen and oxygen atoms in total. The highest BCUT2D eigenvalue weighted by molar-refractivity contribution is 6.29. The molecule has 0 radical (unpaired) electrons. The van der Waals surface area contributed by atoms with Crippen molar-refractivity contribution in [2.24, 2.45) is 0 Å². The number of carbonyl (C=O) groups is 2. The van der Waals surface area contributed by atoms with E-state index < -0.39 is 24.0 Å². The summed E-state index contributed by atoms with van der Waals surface area (Å²) in [6, 6.07) is 2.00. The van der Waals surface area contributed by atoms with E-state index in [-0.39, 0.29) is 18.1 Å². The molecule has 0 aliphatic carbocycles. The summed E-state index contributed by atoms with van der Waals surface area (Å²) in [6.07, 6.45) is -0.158. The summed E-state index contributed by atoms with van der Waals surface area (Å²) in [4.78, 5) is 28.8. The van der Waals surface area contributed by atoms with E-state index in [1.165, 1.54) is 6.07 Å². The van der Waals surface area contributed by atoms with Gasteiger partial charge in [0.15, 0.2) is 0 Å². The van der Waals surface area contributed by atoms with Gasteiger partial charge in [0.05, 0.1) is 6.10 Å². The van der Waals surface area contributed by atoms with Crippen LogP contribution in [0.4, 0.5) is 0 Å². The van der Waals surface area contributed by atoms with Gasteiger partial charge in [-0.15, -0.1) is 0 Å². The summed E-state index contributed by atoms with van der Waals surface area (Å²) in [5, 5.41) is 18.9. The van der Waals surface area contributed by atoms with E-state index in [1.54, 1.807) is 6.07 Å². The molecule has 0 spiro atoms. The minimum absolute atomic E-state index is 0.0111. The number of amides is 1. The Labute approximate surface area is 121 Å². The third-order valence-electron chi connectivity index (χ3n) is 3.28. The van der Waals surface area contributed by atoms with Crippen LogP contribution in [0.15, 0.2) is 12.1 Å². The molecule has 1 fully saturated rings. The van der Waals surface area contributed by atoms with Crippen molar-refractivity contribution in [3.05, 3.63) is 28.5 Å². The van der Waals surface area contributed by atoms with Gasteiger partial charge in [-0.3, -0.25) is 4.79 Å². The Morgan fingerprint density at radius 2 is 2.20 bits per heavy atom. The van der Waals surface area contributed by atoms with Gasteiger partial charge in [0.2, 0.25) is 0 Å². The van der Waals surface area contributed by atoms with E-state index >= 15 is 0 Å². The second-order valence-corrected chi connectivity index (χ2v) is 5.11. The number of carboxylic acid groups (broad SMARTS) is 1. The lowest BCUT2D eigenvalue weighted by atomic mass is 10.1. The average molecular weight is 299 g/mol. The number of aliphatic hydroxyl groups is 1. The van der Waals surface area contributed by atoms with Crippen LogP contribution in [0.3, 0.4) is 0 Å². The number of hydrogen-bond donors (Lipinski definition) is 2. The van der Waals surface area contributed by atoms with Crippen LogP contribution in [-0.4, -0.2) is 50.7 Å². The van der Waals surface area contributed by atoms with Crippen LogP contribution in [-0.2, 0) is 11.2 Å². The molecular weight excluding hydrogens is 284 g/mol. The molecule has 20 heavy (non-hydrogen) atoms. The van der Waals surface area contributed by atoms with Crippen molar-refractivity contribution >= 4 is 23.5 Å². The third kappa shape index (κ3) is 2.91. The van der Waals surface area contributed by atoms with Crippen molar-refractivity contribution in [3.63, 3.8) is 0 Å². The lowest BCUT2D eigenvalue weighted by Gasteiger charge is -2.21. The van der Waals surface area contributed by atoms with Gasteiger partial charge < -0.3 is 15.1 Å². The van der Waals surface area contributed by atoms with Gasteiger partial charge in [-0.25, -0.2) is 9.78 Å². The zero-order chi connectivity index (χ0) is 14.9. The summed E-state index contributed by atoms with van der Waals surface area (Å²) < 4.78 is 0. The molecule has 7 heteroatoms. The fraction of sp³-hybridized carbons (Fsp3) is 0.462. The van der Waals surface area contributed by atoms with E-state index in [1.807, 2.05) is 6.92 Å². The molecule has 2 rings (SSSR count). The van der Waals surface area contributed by atoms with Crippen molar-refractivity contribution in [1.29, 1.82) is 0 Å². The second kappa shape index (κ2) is 5.76. The van der Waals surface area contributed by atoms with Gasteiger partial charge in [-0.05, 0) is 18.6 Å². The zero-order valence-corrected chi connectivity index (χ0v) is 11.7. The first-order chi connectivity index (χ1) is 9.42. The lowest BCUT2D eigenvalue weighted by Crippen LogP contribution is -2.40. The molecule has 2 N–H and O–H groups in total. The number of carboxylic acids is 1. The van der Waals surface area contributed by atoms with Gasteiger partial charge in [0.1, 0.15) is 11.2 Å². The number of aliphatic hydroxyl groups excluding tert-OH is 1. The Bertz CT molecular complexity index is 549. The van der Waals surface area contributed by atoms with Crippen LogP contribution in [0.5, 0.6) is 0 Å². The summed E-state index contributed by atoms with van der Waals surface area (Å²) in [6.45, 7) is 1.89. The van der Waals surface area contributed by atoms with Crippen molar-refractivity contribution in [1.82, 2.24) is 9.88 Å². The molecule has 1 aromatic heterocycles. The number of β-amino-alcohol motifs (C(OH)–C–C–N with tert-alkyl or cyclic N) is 1. The van der Waals surface area contributed by atoms with Crippen molar-refractivity contribution in [2.45, 2.75) is 31.9 Å². The number of aryl methyl sites for hydroxylation is 1. The van der Waals surface area contributed by atoms with Gasteiger partial charge in [0.25, 0.3) is 5.91 Å². The molecule has 0 bridgehead atoms. The molecule has 1 amide bonds. The van der Waals surface area contributed by atoms with Crippen LogP contribution < -0.4 is 0 Å². The second-order valence-electron chi connectivity index (χ2n) is 4.72. The largest absolute Gasteiger partial charge is 0.480 e. The highest BCUT2D eigenvalue weighted by Gasteiger charge is 2.39. The van der Waals surface area contributed by atoms with E-state index in [2.05, 4.69) is 4.98 Å². The van der Waals surface area contributed by atoms with Crippen LogP contribution >= 0.6 is 11.6 Å². The smallest absolute Gasteiger partial charge is 0.326 e. The van der Waals surface area contributed by atoms with E-state index in [0.717, 1.165) is 4.90 Å². The molecule has 2 heterocycles. The highest BCUT2D eigenvalue weighted by Crippen LogP contribution is 2.22. The molecule has 1 aliphatic heterocycles. The number of halogens is 1. The molecule has 1 aliphatic rings. The van der Waals surface area contributed by atoms with Crippen molar-refractivity contribution in [3.8, 4) is 0 Å². The van der Waals surface area contributed by atoms with E-state index in [9.17, 15) is 14.7 Å². The van der Waals surface area contributed by atoms with Crippen LogP contribution in [0.25, 0.3) is 0 Å². The van der Waals surface area contributed by atoms with Crippen molar-refractivity contribution in [2.75, 3.05) is 6.54 Å². The summed E-state index contributed by atoms with van der Waals surface area (Å²) in [7, 11) is 0. The van der Waals surface area contributed by atoms with Crippen LogP contribution in [0, 0.1) is 0 Å². The standard InChI is InChI=1S/C13H15ClN2O4/c1-2-8-3-7(4-11(14)15-8)12(18)16-6-9(17)5-10(16)13(19)20/h3-4,9-10,17H,2,5-6H2,1H3,(H,19,20)/t9?,10-/m0/s1.